The molecular weight excluding hydrogens is 270 g/mol. The third kappa shape index (κ3) is 3.92. The van der Waals surface area contributed by atoms with Gasteiger partial charge < -0.3 is 11.1 Å². The number of carbonyl (C=O) groups is 1. The van der Waals surface area contributed by atoms with Gasteiger partial charge in [0.1, 0.15) is 0 Å². The first-order valence-corrected chi connectivity index (χ1v) is 6.99. The fourth-order valence-corrected chi connectivity index (χ4v) is 2.35. The van der Waals surface area contributed by atoms with Gasteiger partial charge in [-0.1, -0.05) is 11.8 Å². The van der Waals surface area contributed by atoms with Crippen LogP contribution in [0.15, 0.2) is 30.5 Å². The molecule has 1 aromatic carbocycles. The lowest BCUT2D eigenvalue weighted by molar-refractivity contribution is 0.0951. The number of hydrogen-bond acceptors (Lipinski definition) is 4. The Balaban J connectivity index is 1.95. The van der Waals surface area contributed by atoms with Crippen LogP contribution in [0, 0.1) is 18.8 Å². The second kappa shape index (κ2) is 6.85. The van der Waals surface area contributed by atoms with Crippen LogP contribution in [0.4, 0.5) is 0 Å². The van der Waals surface area contributed by atoms with E-state index in [1.165, 1.54) is 0 Å². The molecule has 1 aromatic heterocycles. The summed E-state index contributed by atoms with van der Waals surface area (Å²) in [5.41, 5.74) is 6.78. The van der Waals surface area contributed by atoms with Crippen LogP contribution in [0.25, 0.3) is 0 Å². The molecule has 1 amide bonds. The van der Waals surface area contributed by atoms with Crippen molar-refractivity contribution in [3.63, 3.8) is 0 Å². The Bertz CT molecular complexity index is 650. The molecule has 0 saturated carbocycles. The number of thiazole rings is 1. The maximum absolute atomic E-state index is 12.0. The van der Waals surface area contributed by atoms with Crippen molar-refractivity contribution in [1.82, 2.24) is 10.3 Å². The minimum atomic E-state index is -0.102. The zero-order valence-corrected chi connectivity index (χ0v) is 12.0. The molecule has 0 bridgehead atoms. The summed E-state index contributed by atoms with van der Waals surface area (Å²) in [5, 5.41) is 3.86. The van der Waals surface area contributed by atoms with Crippen LogP contribution in [0.5, 0.6) is 0 Å². The Morgan fingerprint density at radius 1 is 1.40 bits per heavy atom. The smallest absolute Gasteiger partial charge is 0.251 e. The summed E-state index contributed by atoms with van der Waals surface area (Å²) in [6, 6.07) is 7.14. The summed E-state index contributed by atoms with van der Waals surface area (Å²) in [6.07, 6.45) is 1.78. The normalized spacial score (nSPS) is 9.70. The van der Waals surface area contributed by atoms with Gasteiger partial charge in [0.15, 0.2) is 0 Å². The first-order valence-electron chi connectivity index (χ1n) is 6.17. The molecule has 0 aliphatic heterocycles. The Kier molecular flexibility index (Phi) is 4.88. The lowest BCUT2D eigenvalue weighted by Gasteiger charge is -2.03. The van der Waals surface area contributed by atoms with E-state index in [-0.39, 0.29) is 5.91 Å². The number of carbonyl (C=O) groups excluding carboxylic acids is 1. The summed E-state index contributed by atoms with van der Waals surface area (Å²) >= 11 is 1.58. The predicted molar refractivity (Wildman–Crippen MR) is 80.4 cm³/mol. The molecule has 102 valence electrons. The van der Waals surface area contributed by atoms with Gasteiger partial charge >= 0.3 is 0 Å². The van der Waals surface area contributed by atoms with Gasteiger partial charge in [0.25, 0.3) is 5.91 Å². The van der Waals surface area contributed by atoms with E-state index in [1.807, 2.05) is 19.1 Å². The molecule has 0 aliphatic rings. The van der Waals surface area contributed by atoms with E-state index < -0.39 is 0 Å². The Labute approximate surface area is 122 Å². The van der Waals surface area contributed by atoms with Crippen LogP contribution in [0.2, 0.25) is 0 Å². The summed E-state index contributed by atoms with van der Waals surface area (Å²) in [4.78, 5) is 17.2. The topological polar surface area (TPSA) is 68.0 Å². The first kappa shape index (κ1) is 14.3. The Hall–Kier alpha value is -2.16. The zero-order valence-electron chi connectivity index (χ0n) is 11.1. The first-order chi connectivity index (χ1) is 9.69. The van der Waals surface area contributed by atoms with Gasteiger partial charge in [-0.05, 0) is 31.2 Å². The maximum atomic E-state index is 12.0. The van der Waals surface area contributed by atoms with E-state index in [0.29, 0.717) is 18.7 Å². The van der Waals surface area contributed by atoms with Gasteiger partial charge in [0.05, 0.1) is 18.1 Å². The van der Waals surface area contributed by atoms with E-state index in [9.17, 15) is 4.79 Å². The van der Waals surface area contributed by atoms with Crippen molar-refractivity contribution in [3.05, 3.63) is 51.5 Å². The van der Waals surface area contributed by atoms with Crippen molar-refractivity contribution in [2.24, 2.45) is 5.73 Å². The summed E-state index contributed by atoms with van der Waals surface area (Å²) in [5.74, 6) is 5.59. The molecule has 0 fully saturated rings. The maximum Gasteiger partial charge on any atom is 0.251 e. The quantitative estimate of drug-likeness (QED) is 0.843. The van der Waals surface area contributed by atoms with Gasteiger partial charge in [-0.3, -0.25) is 4.79 Å². The molecule has 0 radical (unpaired) electrons. The van der Waals surface area contributed by atoms with E-state index in [4.69, 9.17) is 5.73 Å². The van der Waals surface area contributed by atoms with E-state index in [2.05, 4.69) is 22.1 Å². The molecule has 4 nitrogen and oxygen atoms in total. The molecule has 0 aliphatic carbocycles. The van der Waals surface area contributed by atoms with Crippen LogP contribution >= 0.6 is 11.3 Å². The molecule has 2 rings (SSSR count). The van der Waals surface area contributed by atoms with Gasteiger partial charge in [-0.15, -0.1) is 11.3 Å². The second-order valence-electron chi connectivity index (χ2n) is 4.11. The third-order valence-corrected chi connectivity index (χ3v) is 3.49. The van der Waals surface area contributed by atoms with Crippen LogP contribution in [-0.2, 0) is 6.54 Å². The SMILES string of the molecule is Cc1ncc(CNC(=O)c2ccc(C#CCN)cc2)s1. The van der Waals surface area contributed by atoms with Crippen molar-refractivity contribution in [1.29, 1.82) is 0 Å². The highest BCUT2D eigenvalue weighted by Gasteiger charge is 2.06. The van der Waals surface area contributed by atoms with Gasteiger partial charge in [0.2, 0.25) is 0 Å². The lowest BCUT2D eigenvalue weighted by atomic mass is 10.1. The number of aromatic nitrogens is 1. The molecule has 20 heavy (non-hydrogen) atoms. The minimum absolute atomic E-state index is 0.102. The molecule has 5 heteroatoms. The third-order valence-electron chi connectivity index (χ3n) is 2.57. The second-order valence-corrected chi connectivity index (χ2v) is 5.43. The highest BCUT2D eigenvalue weighted by Crippen LogP contribution is 2.11. The fourth-order valence-electron chi connectivity index (χ4n) is 1.61. The molecule has 2 aromatic rings. The predicted octanol–water partition coefficient (Wildman–Crippen LogP) is 1.69. The molecule has 0 saturated heterocycles. The Morgan fingerprint density at radius 3 is 2.75 bits per heavy atom. The zero-order chi connectivity index (χ0) is 14.4. The number of amides is 1. The van der Waals surface area contributed by atoms with Gasteiger partial charge in [-0.2, -0.15) is 0 Å². The monoisotopic (exact) mass is 285 g/mol. The molecule has 1 heterocycles. The fraction of sp³-hybridized carbons (Fsp3) is 0.200. The van der Waals surface area contributed by atoms with Crippen LogP contribution in [0.3, 0.4) is 0 Å². The molecule has 0 atom stereocenters. The largest absolute Gasteiger partial charge is 0.347 e. The van der Waals surface area contributed by atoms with Gasteiger partial charge in [0, 0.05) is 22.2 Å². The van der Waals surface area contributed by atoms with Crippen LogP contribution < -0.4 is 11.1 Å². The van der Waals surface area contributed by atoms with Crippen molar-refractivity contribution < 1.29 is 4.79 Å². The van der Waals surface area contributed by atoms with E-state index in [1.54, 1.807) is 29.7 Å². The lowest BCUT2D eigenvalue weighted by Crippen LogP contribution is -2.22. The number of nitrogens with two attached hydrogens (primary N) is 1. The van der Waals surface area contributed by atoms with Crippen molar-refractivity contribution >= 4 is 17.2 Å². The van der Waals surface area contributed by atoms with Crippen molar-refractivity contribution in [2.75, 3.05) is 6.54 Å². The highest BCUT2D eigenvalue weighted by molar-refractivity contribution is 7.11. The average molecular weight is 285 g/mol. The van der Waals surface area contributed by atoms with E-state index in [0.717, 1.165) is 15.4 Å². The van der Waals surface area contributed by atoms with E-state index >= 15 is 0 Å². The number of nitrogens with zero attached hydrogens (tertiary/aromatic N) is 1. The van der Waals surface area contributed by atoms with Gasteiger partial charge in [-0.25, -0.2) is 4.98 Å². The standard InChI is InChI=1S/C15H15N3OS/c1-11-17-9-14(20-11)10-18-15(19)13-6-4-12(5-7-13)3-2-8-16/h4-7,9H,8,10,16H2,1H3,(H,18,19). The summed E-state index contributed by atoms with van der Waals surface area (Å²) < 4.78 is 0. The van der Waals surface area contributed by atoms with Crippen molar-refractivity contribution in [3.8, 4) is 11.8 Å². The minimum Gasteiger partial charge on any atom is -0.347 e. The number of hydrogen-bond donors (Lipinski definition) is 2. The molecule has 0 spiro atoms. The summed E-state index contributed by atoms with van der Waals surface area (Å²) in [6.45, 7) is 2.77. The number of nitrogens with one attached hydrogen (secondary N) is 1. The Morgan fingerprint density at radius 2 is 2.15 bits per heavy atom. The van der Waals surface area contributed by atoms with Crippen LogP contribution in [-0.4, -0.2) is 17.4 Å². The molecule has 3 N–H and O–H groups in total. The molecule has 0 unspecified atom stereocenters. The average Bonchev–Trinajstić information content (AvgIpc) is 2.89. The summed E-state index contributed by atoms with van der Waals surface area (Å²) in [7, 11) is 0. The highest BCUT2D eigenvalue weighted by atomic mass is 32.1. The number of aryl methyl sites for hydroxylation is 1. The van der Waals surface area contributed by atoms with Crippen LogP contribution in [0.1, 0.15) is 25.8 Å². The van der Waals surface area contributed by atoms with Crippen molar-refractivity contribution in [2.45, 2.75) is 13.5 Å². The number of rotatable bonds is 3. The number of benzene rings is 1. The molecular formula is C15H15N3OS.